The molecule has 0 unspecified atom stereocenters. The van der Waals surface area contributed by atoms with Crippen molar-refractivity contribution in [3.05, 3.63) is 30.1 Å². The van der Waals surface area contributed by atoms with Gasteiger partial charge in [0.2, 0.25) is 0 Å². The Morgan fingerprint density at radius 1 is 1.23 bits per heavy atom. The second kappa shape index (κ2) is 7.89. The molecule has 1 aromatic rings. The number of anilines is 1. The van der Waals surface area contributed by atoms with E-state index in [9.17, 15) is 19.1 Å². The summed E-state index contributed by atoms with van der Waals surface area (Å²) in [4.78, 5) is 23.4. The normalized spacial score (nSPS) is 13.5. The first-order valence-corrected chi connectivity index (χ1v) is 7.27. The van der Waals surface area contributed by atoms with Gasteiger partial charge in [0.1, 0.15) is 5.82 Å². The molecule has 2 amide bonds. The molecule has 0 radical (unpaired) electrons. The Balaban J connectivity index is 2.44. The van der Waals surface area contributed by atoms with Gasteiger partial charge in [-0.05, 0) is 49.9 Å². The Kier molecular flexibility index (Phi) is 6.49. The highest BCUT2D eigenvalue weighted by Crippen LogP contribution is 2.15. The molecule has 0 spiro atoms. The van der Waals surface area contributed by atoms with E-state index in [0.717, 1.165) is 6.42 Å². The number of hydrogen-bond donors (Lipinski definition) is 3. The highest BCUT2D eigenvalue weighted by molar-refractivity contribution is 6.39. The van der Waals surface area contributed by atoms with Crippen molar-refractivity contribution in [1.82, 2.24) is 5.32 Å². The number of carbonyl (C=O) groups is 2. The average Bonchev–Trinajstić information content (AvgIpc) is 2.45. The molecule has 0 saturated carbocycles. The van der Waals surface area contributed by atoms with Gasteiger partial charge in [0.15, 0.2) is 0 Å². The van der Waals surface area contributed by atoms with Crippen LogP contribution in [0, 0.1) is 11.7 Å². The highest BCUT2D eigenvalue weighted by Gasteiger charge is 2.23. The zero-order valence-corrected chi connectivity index (χ0v) is 13.1. The van der Waals surface area contributed by atoms with Crippen LogP contribution in [0.5, 0.6) is 0 Å². The van der Waals surface area contributed by atoms with E-state index in [0.29, 0.717) is 18.0 Å². The Hall–Kier alpha value is -1.95. The van der Waals surface area contributed by atoms with Crippen molar-refractivity contribution in [1.29, 1.82) is 0 Å². The zero-order valence-electron chi connectivity index (χ0n) is 13.1. The van der Waals surface area contributed by atoms with Gasteiger partial charge in [-0.15, -0.1) is 0 Å². The maximum Gasteiger partial charge on any atom is 0.313 e. The molecular weight excluding hydrogens is 287 g/mol. The van der Waals surface area contributed by atoms with Crippen LogP contribution in [0.3, 0.4) is 0 Å². The molecule has 0 fully saturated rings. The van der Waals surface area contributed by atoms with Crippen molar-refractivity contribution in [3.63, 3.8) is 0 Å². The second-order valence-corrected chi connectivity index (χ2v) is 6.07. The average molecular weight is 310 g/mol. The molecule has 0 saturated heterocycles. The summed E-state index contributed by atoms with van der Waals surface area (Å²) in [7, 11) is 0. The molecule has 0 aliphatic rings. The summed E-state index contributed by atoms with van der Waals surface area (Å²) in [5.74, 6) is -1.67. The van der Waals surface area contributed by atoms with E-state index in [1.165, 1.54) is 24.3 Å². The van der Waals surface area contributed by atoms with Gasteiger partial charge in [-0.1, -0.05) is 13.8 Å². The monoisotopic (exact) mass is 310 g/mol. The zero-order chi connectivity index (χ0) is 16.8. The molecular formula is C16H23FN2O3. The van der Waals surface area contributed by atoms with Crippen LogP contribution in [0.1, 0.15) is 33.6 Å². The lowest BCUT2D eigenvalue weighted by Crippen LogP contribution is -2.44. The number of rotatable bonds is 6. The van der Waals surface area contributed by atoms with Gasteiger partial charge in [-0.2, -0.15) is 0 Å². The third-order valence-corrected chi connectivity index (χ3v) is 3.20. The van der Waals surface area contributed by atoms with E-state index in [1.807, 2.05) is 13.8 Å². The summed E-state index contributed by atoms with van der Waals surface area (Å²) in [5, 5.41) is 14.9. The fourth-order valence-corrected chi connectivity index (χ4v) is 1.76. The molecule has 6 heteroatoms. The summed E-state index contributed by atoms with van der Waals surface area (Å²) >= 11 is 0. The minimum Gasteiger partial charge on any atom is -0.388 e. The van der Waals surface area contributed by atoms with Crippen LogP contribution >= 0.6 is 0 Å². The van der Waals surface area contributed by atoms with E-state index in [-0.39, 0.29) is 6.54 Å². The first-order chi connectivity index (χ1) is 10.2. The lowest BCUT2D eigenvalue weighted by atomic mass is 9.95. The van der Waals surface area contributed by atoms with Gasteiger partial charge in [-0.25, -0.2) is 4.39 Å². The molecule has 0 aliphatic carbocycles. The molecule has 1 aromatic carbocycles. The number of benzene rings is 1. The van der Waals surface area contributed by atoms with E-state index >= 15 is 0 Å². The van der Waals surface area contributed by atoms with Gasteiger partial charge in [0.25, 0.3) is 0 Å². The van der Waals surface area contributed by atoms with Gasteiger partial charge < -0.3 is 15.7 Å². The number of hydrogen-bond acceptors (Lipinski definition) is 3. The van der Waals surface area contributed by atoms with E-state index < -0.39 is 23.2 Å². The predicted octanol–water partition coefficient (Wildman–Crippen LogP) is 2.07. The van der Waals surface area contributed by atoms with Crippen molar-refractivity contribution < 1.29 is 19.1 Å². The first-order valence-electron chi connectivity index (χ1n) is 7.27. The van der Waals surface area contributed by atoms with Gasteiger partial charge in [0, 0.05) is 12.2 Å². The lowest BCUT2D eigenvalue weighted by Gasteiger charge is -2.24. The van der Waals surface area contributed by atoms with Crippen LogP contribution in [0.15, 0.2) is 24.3 Å². The summed E-state index contributed by atoms with van der Waals surface area (Å²) in [5.41, 5.74) is -0.732. The maximum absolute atomic E-state index is 12.7. The molecule has 1 rings (SSSR count). The largest absolute Gasteiger partial charge is 0.388 e. The standard InChI is InChI=1S/C16H23FN2O3/c1-11(2)8-9-16(3,22)10-18-14(20)15(21)19-13-6-4-12(17)5-7-13/h4-7,11,22H,8-10H2,1-3H3,(H,18,20)(H,19,21)/t16-/m1/s1. The molecule has 5 nitrogen and oxygen atoms in total. The van der Waals surface area contributed by atoms with Crippen LogP contribution in [-0.4, -0.2) is 29.1 Å². The quantitative estimate of drug-likeness (QED) is 0.704. The summed E-state index contributed by atoms with van der Waals surface area (Å²) in [6, 6.07) is 5.09. The van der Waals surface area contributed by atoms with Crippen molar-refractivity contribution in [2.45, 2.75) is 39.2 Å². The number of nitrogens with one attached hydrogen (secondary N) is 2. The summed E-state index contributed by atoms with van der Waals surface area (Å²) in [6.45, 7) is 5.71. The van der Waals surface area contributed by atoms with Crippen molar-refractivity contribution in [2.75, 3.05) is 11.9 Å². The van der Waals surface area contributed by atoms with Crippen LogP contribution in [-0.2, 0) is 9.59 Å². The third kappa shape index (κ3) is 6.67. The molecule has 122 valence electrons. The maximum atomic E-state index is 12.7. The van der Waals surface area contributed by atoms with Gasteiger partial charge >= 0.3 is 11.8 Å². The Labute approximate surface area is 129 Å². The summed E-state index contributed by atoms with van der Waals surface area (Å²) < 4.78 is 12.7. The van der Waals surface area contributed by atoms with E-state index in [2.05, 4.69) is 10.6 Å². The number of carbonyl (C=O) groups excluding carboxylic acids is 2. The predicted molar refractivity (Wildman–Crippen MR) is 82.7 cm³/mol. The Bertz CT molecular complexity index is 513. The molecule has 3 N–H and O–H groups in total. The van der Waals surface area contributed by atoms with Crippen molar-refractivity contribution >= 4 is 17.5 Å². The molecule has 22 heavy (non-hydrogen) atoms. The van der Waals surface area contributed by atoms with Crippen molar-refractivity contribution in [3.8, 4) is 0 Å². The van der Waals surface area contributed by atoms with Crippen molar-refractivity contribution in [2.24, 2.45) is 5.92 Å². The van der Waals surface area contributed by atoms with Crippen LogP contribution in [0.2, 0.25) is 0 Å². The molecule has 0 bridgehead atoms. The molecule has 0 aliphatic heterocycles. The fourth-order valence-electron chi connectivity index (χ4n) is 1.76. The molecule has 0 heterocycles. The number of amides is 2. The molecule has 0 aromatic heterocycles. The van der Waals surface area contributed by atoms with E-state index in [1.54, 1.807) is 6.92 Å². The van der Waals surface area contributed by atoms with E-state index in [4.69, 9.17) is 0 Å². The third-order valence-electron chi connectivity index (χ3n) is 3.20. The number of halogens is 1. The van der Waals surface area contributed by atoms with Crippen LogP contribution in [0.4, 0.5) is 10.1 Å². The second-order valence-electron chi connectivity index (χ2n) is 6.07. The van der Waals surface area contributed by atoms with Gasteiger partial charge in [-0.3, -0.25) is 9.59 Å². The first kappa shape index (κ1) is 18.1. The Morgan fingerprint density at radius 2 is 1.82 bits per heavy atom. The minimum atomic E-state index is -1.06. The van der Waals surface area contributed by atoms with Crippen LogP contribution in [0.25, 0.3) is 0 Å². The van der Waals surface area contributed by atoms with Gasteiger partial charge in [0.05, 0.1) is 5.60 Å². The minimum absolute atomic E-state index is 0.00457. The number of aliphatic hydroxyl groups is 1. The molecule has 1 atom stereocenters. The highest BCUT2D eigenvalue weighted by atomic mass is 19.1. The summed E-state index contributed by atoms with van der Waals surface area (Å²) in [6.07, 6.45) is 1.36. The SMILES string of the molecule is CC(C)CC[C@@](C)(O)CNC(=O)C(=O)Nc1ccc(F)cc1. The fraction of sp³-hybridized carbons (Fsp3) is 0.500. The van der Waals surface area contributed by atoms with Crippen LogP contribution < -0.4 is 10.6 Å². The smallest absolute Gasteiger partial charge is 0.313 e. The lowest BCUT2D eigenvalue weighted by molar-refractivity contribution is -0.136. The Morgan fingerprint density at radius 3 is 2.36 bits per heavy atom. The topological polar surface area (TPSA) is 78.4 Å².